The summed E-state index contributed by atoms with van der Waals surface area (Å²) in [5.41, 5.74) is 0. The van der Waals surface area contributed by atoms with Gasteiger partial charge in [-0.3, -0.25) is 0 Å². The average molecular weight is 190 g/mol. The molecule has 1 aliphatic heterocycles. The van der Waals surface area contributed by atoms with E-state index in [4.69, 9.17) is 15.3 Å². The van der Waals surface area contributed by atoms with Crippen molar-refractivity contribution < 1.29 is 24.9 Å². The van der Waals surface area contributed by atoms with Crippen LogP contribution in [-0.2, 0) is 9.53 Å². The van der Waals surface area contributed by atoms with Crippen molar-refractivity contribution in [1.82, 2.24) is 0 Å². The summed E-state index contributed by atoms with van der Waals surface area (Å²) < 4.78 is 4.45. The first-order chi connectivity index (χ1) is 6.16. The molecule has 0 fully saturated rings. The number of cyclic esters (lactones) is 1. The predicted molar refractivity (Wildman–Crippen MR) is 45.2 cm³/mol. The van der Waals surface area contributed by atoms with Gasteiger partial charge in [0.05, 0.1) is 0 Å². The second-order valence-corrected chi connectivity index (χ2v) is 2.14. The molecule has 1 atom stereocenters. The number of ether oxygens (including phenoxy) is 1. The van der Waals surface area contributed by atoms with Crippen LogP contribution in [0.5, 0.6) is 0 Å². The van der Waals surface area contributed by atoms with E-state index >= 15 is 0 Å². The number of rotatable bonds is 2. The highest BCUT2D eigenvalue weighted by molar-refractivity contribution is 5.88. The highest BCUT2D eigenvalue weighted by Crippen LogP contribution is 2.20. The fraction of sp³-hybridized carbons (Fsp3) is 0.625. The zero-order chi connectivity index (χ0) is 10.4. The van der Waals surface area contributed by atoms with Crippen molar-refractivity contribution in [1.29, 1.82) is 0 Å². The number of carbonyl (C=O) groups is 1. The molecule has 0 bridgehead atoms. The molecule has 0 spiro atoms. The van der Waals surface area contributed by atoms with E-state index in [2.05, 4.69) is 4.74 Å². The van der Waals surface area contributed by atoms with E-state index in [9.17, 15) is 4.79 Å². The Balaban J connectivity index is 0.000000671. The zero-order valence-corrected chi connectivity index (χ0v) is 7.65. The van der Waals surface area contributed by atoms with Gasteiger partial charge in [-0.1, -0.05) is 13.8 Å². The van der Waals surface area contributed by atoms with Gasteiger partial charge in [-0.25, -0.2) is 4.79 Å². The summed E-state index contributed by atoms with van der Waals surface area (Å²) in [6.45, 7) is 3.79. The molecule has 0 radical (unpaired) electrons. The van der Waals surface area contributed by atoms with Gasteiger partial charge in [0.1, 0.15) is 0 Å². The van der Waals surface area contributed by atoms with Crippen molar-refractivity contribution in [3.63, 3.8) is 0 Å². The quantitative estimate of drug-likeness (QED) is 0.556. The van der Waals surface area contributed by atoms with Crippen molar-refractivity contribution in [3.8, 4) is 0 Å². The van der Waals surface area contributed by atoms with Gasteiger partial charge in [0.2, 0.25) is 5.76 Å². The van der Waals surface area contributed by atoms with Crippen LogP contribution in [0.3, 0.4) is 0 Å². The maximum Gasteiger partial charge on any atom is 0.377 e. The average Bonchev–Trinajstić information content (AvgIpc) is 2.38. The Morgan fingerprint density at radius 1 is 1.38 bits per heavy atom. The summed E-state index contributed by atoms with van der Waals surface area (Å²) >= 11 is 0. The number of aliphatic hydroxyl groups is 3. The van der Waals surface area contributed by atoms with E-state index in [1.165, 1.54) is 0 Å². The van der Waals surface area contributed by atoms with Crippen LogP contribution in [-0.4, -0.2) is 34.0 Å². The van der Waals surface area contributed by atoms with Crippen molar-refractivity contribution >= 4 is 5.97 Å². The molecule has 0 amide bonds. The molecule has 1 rings (SSSR count). The maximum atomic E-state index is 10.5. The van der Waals surface area contributed by atoms with Crippen LogP contribution in [0.1, 0.15) is 20.3 Å². The normalized spacial score (nSPS) is 20.8. The van der Waals surface area contributed by atoms with Crippen molar-refractivity contribution in [2.24, 2.45) is 0 Å². The van der Waals surface area contributed by atoms with E-state index in [1.54, 1.807) is 0 Å². The van der Waals surface area contributed by atoms with Gasteiger partial charge in [-0.2, -0.15) is 0 Å². The SMILES string of the molecule is CC.O=C1OC(CCO)C(O)=C1O. The molecule has 1 heterocycles. The zero-order valence-electron chi connectivity index (χ0n) is 7.65. The van der Waals surface area contributed by atoms with Gasteiger partial charge in [0.15, 0.2) is 11.9 Å². The number of aliphatic hydroxyl groups excluding tert-OH is 3. The molecule has 0 aliphatic carbocycles. The summed E-state index contributed by atoms with van der Waals surface area (Å²) in [6, 6.07) is 0. The maximum absolute atomic E-state index is 10.5. The van der Waals surface area contributed by atoms with Crippen LogP contribution in [0.2, 0.25) is 0 Å². The highest BCUT2D eigenvalue weighted by Gasteiger charge is 2.33. The van der Waals surface area contributed by atoms with E-state index in [1.807, 2.05) is 13.8 Å². The van der Waals surface area contributed by atoms with Gasteiger partial charge < -0.3 is 20.1 Å². The van der Waals surface area contributed by atoms with Crippen LogP contribution >= 0.6 is 0 Å². The van der Waals surface area contributed by atoms with E-state index in [0.29, 0.717) is 0 Å². The molecule has 0 aromatic rings. The molecule has 1 unspecified atom stereocenters. The minimum Gasteiger partial charge on any atom is -0.505 e. The van der Waals surface area contributed by atoms with Gasteiger partial charge in [-0.15, -0.1) is 0 Å². The fourth-order valence-corrected chi connectivity index (χ4v) is 0.811. The Hall–Kier alpha value is -1.23. The molecular weight excluding hydrogens is 176 g/mol. The lowest BCUT2D eigenvalue weighted by Crippen LogP contribution is -2.13. The molecule has 76 valence electrons. The lowest BCUT2D eigenvalue weighted by molar-refractivity contribution is -0.142. The van der Waals surface area contributed by atoms with Crippen molar-refractivity contribution in [2.75, 3.05) is 6.61 Å². The molecule has 0 aromatic heterocycles. The minimum atomic E-state index is -0.944. The second kappa shape index (κ2) is 5.42. The third kappa shape index (κ3) is 2.62. The minimum absolute atomic E-state index is 0.0988. The monoisotopic (exact) mass is 190 g/mol. The first kappa shape index (κ1) is 11.8. The number of hydrogen-bond donors (Lipinski definition) is 3. The Bertz CT molecular complexity index is 209. The number of hydrogen-bond acceptors (Lipinski definition) is 5. The molecule has 0 saturated heterocycles. The third-order valence-corrected chi connectivity index (χ3v) is 1.38. The van der Waals surface area contributed by atoms with Crippen LogP contribution in [0.15, 0.2) is 11.5 Å². The molecule has 13 heavy (non-hydrogen) atoms. The molecule has 3 N–H and O–H groups in total. The first-order valence-corrected chi connectivity index (χ1v) is 4.10. The van der Waals surface area contributed by atoms with Crippen molar-refractivity contribution in [3.05, 3.63) is 11.5 Å². The van der Waals surface area contributed by atoms with Crippen LogP contribution < -0.4 is 0 Å². The molecule has 1 aliphatic rings. The summed E-state index contributed by atoms with van der Waals surface area (Å²) in [6.07, 6.45) is -0.783. The fourth-order valence-electron chi connectivity index (χ4n) is 0.811. The molecule has 5 heteroatoms. The van der Waals surface area contributed by atoms with Gasteiger partial charge in [0, 0.05) is 13.0 Å². The predicted octanol–water partition coefficient (Wildman–Crippen LogP) is 0.648. The van der Waals surface area contributed by atoms with E-state index in [-0.39, 0.29) is 13.0 Å². The van der Waals surface area contributed by atoms with Gasteiger partial charge in [0.25, 0.3) is 0 Å². The molecule has 5 nitrogen and oxygen atoms in total. The Morgan fingerprint density at radius 2 is 1.92 bits per heavy atom. The van der Waals surface area contributed by atoms with Crippen LogP contribution in [0, 0.1) is 0 Å². The number of carbonyl (C=O) groups excluding carboxylic acids is 1. The third-order valence-electron chi connectivity index (χ3n) is 1.38. The summed E-state index contributed by atoms with van der Waals surface area (Å²) in [5.74, 6) is -2.20. The van der Waals surface area contributed by atoms with Crippen molar-refractivity contribution in [2.45, 2.75) is 26.4 Å². The lowest BCUT2D eigenvalue weighted by atomic mass is 10.2. The smallest absolute Gasteiger partial charge is 0.377 e. The van der Waals surface area contributed by atoms with Gasteiger partial charge in [-0.05, 0) is 0 Å². The van der Waals surface area contributed by atoms with Crippen LogP contribution in [0.4, 0.5) is 0 Å². The molecule has 0 saturated carbocycles. The summed E-state index contributed by atoms with van der Waals surface area (Å²) in [7, 11) is 0. The first-order valence-electron chi connectivity index (χ1n) is 4.10. The Morgan fingerprint density at radius 3 is 2.23 bits per heavy atom. The molecule has 0 aromatic carbocycles. The number of esters is 1. The van der Waals surface area contributed by atoms with E-state index < -0.39 is 23.6 Å². The van der Waals surface area contributed by atoms with Crippen LogP contribution in [0.25, 0.3) is 0 Å². The Kier molecular flexibility index (Phi) is 4.91. The highest BCUT2D eigenvalue weighted by atomic mass is 16.6. The summed E-state index contributed by atoms with van der Waals surface area (Å²) in [5, 5.41) is 26.1. The largest absolute Gasteiger partial charge is 0.505 e. The van der Waals surface area contributed by atoms with Gasteiger partial charge >= 0.3 is 5.97 Å². The van der Waals surface area contributed by atoms with E-state index in [0.717, 1.165) is 0 Å². The second-order valence-electron chi connectivity index (χ2n) is 2.14. The Labute approximate surface area is 76.3 Å². The summed E-state index contributed by atoms with van der Waals surface area (Å²) in [4.78, 5) is 10.5. The topological polar surface area (TPSA) is 87.0 Å². The standard InChI is InChI=1S/C6H8O5.C2H6/c7-2-1-3-4(8)5(9)6(10)11-3;1-2/h3,7-9H,1-2H2;1-2H3. The molecular formula is C8H14O5. The lowest BCUT2D eigenvalue weighted by Gasteiger charge is -2.05.